The number of hydrogen-bond donors (Lipinski definition) is 2. The molecule has 0 bridgehead atoms. The number of anilines is 1. The molecule has 3 heterocycles. The molecule has 6 nitrogen and oxygen atoms in total. The zero-order valence-corrected chi connectivity index (χ0v) is 15.2. The first kappa shape index (κ1) is 17.1. The number of rotatable bonds is 3. The summed E-state index contributed by atoms with van der Waals surface area (Å²) in [5.41, 5.74) is 0.839. The predicted octanol–water partition coefficient (Wildman–Crippen LogP) is 2.74. The first-order chi connectivity index (χ1) is 11.4. The molecule has 2 N–H and O–H groups in total. The quantitative estimate of drug-likeness (QED) is 0.876. The van der Waals surface area contributed by atoms with E-state index in [1.54, 1.807) is 4.90 Å². The third-order valence-electron chi connectivity index (χ3n) is 3.87. The predicted molar refractivity (Wildman–Crippen MR) is 95.6 cm³/mol. The van der Waals surface area contributed by atoms with Crippen LogP contribution in [-0.2, 0) is 4.79 Å². The Hall–Kier alpha value is -1.77. The molecule has 24 heavy (non-hydrogen) atoms. The van der Waals surface area contributed by atoms with Crippen LogP contribution in [-0.4, -0.2) is 46.0 Å². The van der Waals surface area contributed by atoms with Gasteiger partial charge in [-0.15, -0.1) is 11.3 Å². The Bertz CT molecular complexity index is 760. The Balaban J connectivity index is 1.77. The second kappa shape index (κ2) is 7.00. The van der Waals surface area contributed by atoms with Gasteiger partial charge >= 0.3 is 0 Å². The van der Waals surface area contributed by atoms with Crippen molar-refractivity contribution in [3.63, 3.8) is 0 Å². The highest BCUT2D eigenvalue weighted by Gasteiger charge is 2.24. The average Bonchev–Trinajstić information content (AvgIpc) is 3.13. The largest absolute Gasteiger partial charge is 0.393 e. The lowest BCUT2D eigenvalue weighted by Gasteiger charge is -2.29. The van der Waals surface area contributed by atoms with Crippen molar-refractivity contribution in [1.82, 2.24) is 9.88 Å². The van der Waals surface area contributed by atoms with Crippen LogP contribution in [0.25, 0.3) is 9.75 Å². The van der Waals surface area contributed by atoms with Gasteiger partial charge in [-0.05, 0) is 31.9 Å². The van der Waals surface area contributed by atoms with E-state index in [-0.39, 0.29) is 17.9 Å². The highest BCUT2D eigenvalue weighted by atomic mass is 32.1. The molecule has 0 saturated carbocycles. The molecule has 0 spiro atoms. The first-order valence-corrected chi connectivity index (χ1v) is 9.40. The molecule has 2 amide bonds. The van der Waals surface area contributed by atoms with Crippen LogP contribution in [0.15, 0.2) is 12.1 Å². The molecule has 1 fully saturated rings. The van der Waals surface area contributed by atoms with Crippen LogP contribution in [0.3, 0.4) is 0 Å². The fourth-order valence-corrected chi connectivity index (χ4v) is 4.78. The van der Waals surface area contributed by atoms with Gasteiger partial charge in [0, 0.05) is 24.9 Å². The topological polar surface area (TPSA) is 82.5 Å². The van der Waals surface area contributed by atoms with Gasteiger partial charge < -0.3 is 15.3 Å². The summed E-state index contributed by atoms with van der Waals surface area (Å²) >= 11 is 2.85. The number of thiazole rings is 1. The smallest absolute Gasteiger partial charge is 0.263 e. The van der Waals surface area contributed by atoms with Crippen LogP contribution < -0.4 is 5.32 Å². The molecule has 2 aromatic rings. The third-order valence-corrected chi connectivity index (χ3v) is 6.20. The number of hydrogen-bond acceptors (Lipinski definition) is 6. The summed E-state index contributed by atoms with van der Waals surface area (Å²) in [6.45, 7) is 4.54. The first-order valence-electron chi connectivity index (χ1n) is 7.76. The fraction of sp³-hybridized carbons (Fsp3) is 0.438. The molecular formula is C16H19N3O3S2. The molecule has 128 valence electrons. The number of amides is 2. The summed E-state index contributed by atoms with van der Waals surface area (Å²) in [6, 6.07) is 3.76. The highest BCUT2D eigenvalue weighted by Crippen LogP contribution is 2.37. The van der Waals surface area contributed by atoms with Crippen LogP contribution in [0.5, 0.6) is 0 Å². The number of nitrogens with one attached hydrogen (secondary N) is 1. The zero-order chi connectivity index (χ0) is 17.3. The molecule has 1 aliphatic heterocycles. The van der Waals surface area contributed by atoms with Crippen molar-refractivity contribution in [2.45, 2.75) is 32.8 Å². The number of aryl methyl sites for hydroxylation is 1. The highest BCUT2D eigenvalue weighted by molar-refractivity contribution is 7.24. The van der Waals surface area contributed by atoms with Gasteiger partial charge in [0.2, 0.25) is 5.91 Å². The number of carbonyl (C=O) groups excluding carboxylic acids is 2. The molecule has 1 aliphatic rings. The molecule has 8 heteroatoms. The lowest BCUT2D eigenvalue weighted by atomic mass is 10.1. The lowest BCUT2D eigenvalue weighted by Crippen LogP contribution is -2.39. The van der Waals surface area contributed by atoms with Crippen LogP contribution >= 0.6 is 22.7 Å². The van der Waals surface area contributed by atoms with E-state index in [0.29, 0.717) is 35.9 Å². The second-order valence-electron chi connectivity index (χ2n) is 5.80. The average molecular weight is 365 g/mol. The van der Waals surface area contributed by atoms with Gasteiger partial charge in [0.25, 0.3) is 5.91 Å². The van der Waals surface area contributed by atoms with E-state index < -0.39 is 0 Å². The van der Waals surface area contributed by atoms with Crippen molar-refractivity contribution >= 4 is 39.6 Å². The van der Waals surface area contributed by atoms with Crippen LogP contribution in [0, 0.1) is 6.92 Å². The van der Waals surface area contributed by atoms with E-state index in [4.69, 9.17) is 0 Å². The number of piperidine rings is 1. The minimum Gasteiger partial charge on any atom is -0.393 e. The monoisotopic (exact) mass is 365 g/mol. The van der Waals surface area contributed by atoms with Crippen molar-refractivity contribution in [1.29, 1.82) is 0 Å². The summed E-state index contributed by atoms with van der Waals surface area (Å²) in [5, 5.41) is 12.8. The van der Waals surface area contributed by atoms with Gasteiger partial charge in [0.05, 0.1) is 21.6 Å². The summed E-state index contributed by atoms with van der Waals surface area (Å²) in [6.07, 6.45) is 0.982. The number of aliphatic hydroxyl groups is 1. The maximum atomic E-state index is 12.6. The summed E-state index contributed by atoms with van der Waals surface area (Å²) in [7, 11) is 0. The van der Waals surface area contributed by atoms with Gasteiger partial charge in [-0.3, -0.25) is 9.59 Å². The molecule has 0 aromatic carbocycles. The molecule has 0 aliphatic carbocycles. The minimum absolute atomic E-state index is 0.0161. The summed E-state index contributed by atoms with van der Waals surface area (Å²) in [5.74, 6) is -0.132. The molecule has 3 rings (SSSR count). The van der Waals surface area contributed by atoms with Gasteiger partial charge in [0.1, 0.15) is 0 Å². The van der Waals surface area contributed by atoms with Gasteiger partial charge in [-0.2, -0.15) is 0 Å². The van der Waals surface area contributed by atoms with Crippen LogP contribution in [0.2, 0.25) is 0 Å². The number of thiophene rings is 1. The van der Waals surface area contributed by atoms with E-state index >= 15 is 0 Å². The van der Waals surface area contributed by atoms with Crippen molar-refractivity contribution in [3.8, 4) is 9.75 Å². The van der Waals surface area contributed by atoms with Crippen LogP contribution in [0.4, 0.5) is 5.13 Å². The second-order valence-corrected chi connectivity index (χ2v) is 7.88. The van der Waals surface area contributed by atoms with Gasteiger partial charge in [0.15, 0.2) is 5.13 Å². The standard InChI is InChI=1S/C16H19N3O3S2/c1-9-14(24-16(17-9)18-10(2)20)12-3-4-13(23-12)15(22)19-7-5-11(21)6-8-19/h3-4,11,21H,5-8H2,1-2H3,(H,17,18,20). The molecule has 0 atom stereocenters. The zero-order valence-electron chi connectivity index (χ0n) is 13.5. The number of carbonyl (C=O) groups is 2. The molecule has 2 aromatic heterocycles. The molecular weight excluding hydrogens is 346 g/mol. The Morgan fingerprint density at radius 2 is 2.00 bits per heavy atom. The molecule has 0 unspecified atom stereocenters. The number of nitrogens with zero attached hydrogens (tertiary/aromatic N) is 2. The Kier molecular flexibility index (Phi) is 4.98. The Morgan fingerprint density at radius 3 is 2.67 bits per heavy atom. The van der Waals surface area contributed by atoms with Crippen LogP contribution in [0.1, 0.15) is 35.1 Å². The third kappa shape index (κ3) is 3.66. The van der Waals surface area contributed by atoms with Gasteiger partial charge in [-0.25, -0.2) is 4.98 Å². The maximum Gasteiger partial charge on any atom is 0.263 e. The summed E-state index contributed by atoms with van der Waals surface area (Å²) in [4.78, 5) is 32.5. The normalized spacial score (nSPS) is 15.5. The molecule has 1 saturated heterocycles. The van der Waals surface area contributed by atoms with E-state index in [1.807, 2.05) is 19.1 Å². The molecule has 0 radical (unpaired) electrons. The number of aromatic nitrogens is 1. The van der Waals surface area contributed by atoms with Crippen molar-refractivity contribution in [2.24, 2.45) is 0 Å². The van der Waals surface area contributed by atoms with E-state index in [2.05, 4.69) is 10.3 Å². The SMILES string of the molecule is CC(=O)Nc1nc(C)c(-c2ccc(C(=O)N3CCC(O)CC3)s2)s1. The Labute approximate surface area is 148 Å². The van der Waals surface area contributed by atoms with Crippen molar-refractivity contribution in [3.05, 3.63) is 22.7 Å². The van der Waals surface area contributed by atoms with Gasteiger partial charge in [-0.1, -0.05) is 11.3 Å². The number of likely N-dealkylation sites (tertiary alicyclic amines) is 1. The maximum absolute atomic E-state index is 12.6. The van der Waals surface area contributed by atoms with E-state index in [9.17, 15) is 14.7 Å². The summed E-state index contributed by atoms with van der Waals surface area (Å²) < 4.78 is 0. The lowest BCUT2D eigenvalue weighted by molar-refractivity contribution is -0.114. The fourth-order valence-electron chi connectivity index (χ4n) is 2.63. The Morgan fingerprint density at radius 1 is 1.29 bits per heavy atom. The van der Waals surface area contributed by atoms with Crippen molar-refractivity contribution < 1.29 is 14.7 Å². The minimum atomic E-state index is -0.292. The number of aliphatic hydroxyl groups excluding tert-OH is 1. The van der Waals surface area contributed by atoms with Crippen molar-refractivity contribution in [2.75, 3.05) is 18.4 Å². The van der Waals surface area contributed by atoms with E-state index in [0.717, 1.165) is 15.4 Å². The van der Waals surface area contributed by atoms with E-state index in [1.165, 1.54) is 29.6 Å².